The summed E-state index contributed by atoms with van der Waals surface area (Å²) in [5.74, 6) is 0.0432. The van der Waals surface area contributed by atoms with E-state index in [9.17, 15) is 18.0 Å². The number of alkyl halides is 3. The number of nitrogens with zero attached hydrogens (tertiary/aromatic N) is 2. The lowest BCUT2D eigenvalue weighted by Gasteiger charge is -2.35. The first-order valence-electron chi connectivity index (χ1n) is 8.99. The van der Waals surface area contributed by atoms with E-state index in [4.69, 9.17) is 0 Å². The molecule has 0 N–H and O–H groups in total. The highest BCUT2D eigenvalue weighted by Gasteiger charge is 2.30. The summed E-state index contributed by atoms with van der Waals surface area (Å²) in [6.07, 6.45) is -4.31. The highest BCUT2D eigenvalue weighted by atomic mass is 19.4. The average Bonchev–Trinajstić information content (AvgIpc) is 2.61. The number of hydrogen-bond donors (Lipinski definition) is 0. The third kappa shape index (κ3) is 4.69. The normalized spacial score (nSPS) is 15.8. The van der Waals surface area contributed by atoms with Crippen molar-refractivity contribution < 1.29 is 18.0 Å². The number of rotatable bonds is 3. The number of carbonyl (C=O) groups is 1. The molecule has 0 radical (unpaired) electrons. The van der Waals surface area contributed by atoms with Gasteiger partial charge in [-0.3, -0.25) is 9.69 Å². The van der Waals surface area contributed by atoms with Gasteiger partial charge in [-0.25, -0.2) is 0 Å². The minimum absolute atomic E-state index is 0.0432. The first-order valence-corrected chi connectivity index (χ1v) is 8.99. The van der Waals surface area contributed by atoms with Gasteiger partial charge in [0.25, 0.3) is 5.91 Å². The smallest absolute Gasteiger partial charge is 0.336 e. The lowest BCUT2D eigenvalue weighted by Crippen LogP contribution is -2.48. The Bertz CT molecular complexity index is 807. The number of benzene rings is 2. The van der Waals surface area contributed by atoms with Crippen molar-refractivity contribution in [3.8, 4) is 0 Å². The summed E-state index contributed by atoms with van der Waals surface area (Å²) in [6, 6.07) is 11.1. The van der Waals surface area contributed by atoms with Crippen LogP contribution < -0.4 is 0 Å². The maximum atomic E-state index is 12.7. The van der Waals surface area contributed by atoms with Crippen molar-refractivity contribution in [2.45, 2.75) is 26.6 Å². The van der Waals surface area contributed by atoms with Gasteiger partial charge in [0.05, 0.1) is 5.56 Å². The Labute approximate surface area is 157 Å². The van der Waals surface area contributed by atoms with E-state index < -0.39 is 11.7 Å². The molecular weight excluding hydrogens is 353 g/mol. The van der Waals surface area contributed by atoms with Crippen molar-refractivity contribution in [1.82, 2.24) is 9.80 Å². The van der Waals surface area contributed by atoms with Crippen LogP contribution in [0.1, 0.15) is 32.6 Å². The number of amides is 1. The molecule has 1 amide bonds. The van der Waals surface area contributed by atoms with Crippen LogP contribution in [0.5, 0.6) is 0 Å². The summed E-state index contributed by atoms with van der Waals surface area (Å²) in [5, 5.41) is 0. The van der Waals surface area contributed by atoms with Gasteiger partial charge in [0.1, 0.15) is 0 Å². The summed E-state index contributed by atoms with van der Waals surface area (Å²) in [4.78, 5) is 16.7. The first-order chi connectivity index (χ1) is 12.7. The fraction of sp³-hybridized carbons (Fsp3) is 0.381. The zero-order valence-electron chi connectivity index (χ0n) is 15.5. The fourth-order valence-electron chi connectivity index (χ4n) is 3.39. The Morgan fingerprint density at radius 2 is 1.59 bits per heavy atom. The number of aryl methyl sites for hydroxylation is 2. The highest BCUT2D eigenvalue weighted by Crippen LogP contribution is 2.29. The summed E-state index contributed by atoms with van der Waals surface area (Å²) >= 11 is 0. The Kier molecular flexibility index (Phi) is 5.56. The van der Waals surface area contributed by atoms with Crippen LogP contribution in [-0.2, 0) is 12.7 Å². The van der Waals surface area contributed by atoms with Gasteiger partial charge in [-0.15, -0.1) is 0 Å². The van der Waals surface area contributed by atoms with Crippen LogP contribution >= 0.6 is 0 Å². The molecule has 0 unspecified atom stereocenters. The first kappa shape index (κ1) is 19.4. The van der Waals surface area contributed by atoms with E-state index in [1.54, 1.807) is 0 Å². The summed E-state index contributed by atoms with van der Waals surface area (Å²) in [7, 11) is 0. The monoisotopic (exact) mass is 376 g/mol. The molecule has 2 aromatic rings. The third-order valence-electron chi connectivity index (χ3n) is 4.96. The maximum absolute atomic E-state index is 12.7. The zero-order chi connectivity index (χ0) is 19.6. The minimum Gasteiger partial charge on any atom is -0.336 e. The molecule has 0 bridgehead atoms. The second-order valence-corrected chi connectivity index (χ2v) is 7.08. The lowest BCUT2D eigenvalue weighted by atomic mass is 10.0. The number of piperazine rings is 1. The summed E-state index contributed by atoms with van der Waals surface area (Å²) in [6.45, 7) is 7.18. The molecule has 2 aromatic carbocycles. The summed E-state index contributed by atoms with van der Waals surface area (Å²) < 4.78 is 37.9. The Hall–Kier alpha value is -2.34. The van der Waals surface area contributed by atoms with Crippen LogP contribution in [0.25, 0.3) is 0 Å². The minimum atomic E-state index is -4.31. The van der Waals surface area contributed by atoms with Gasteiger partial charge in [-0.1, -0.05) is 29.8 Å². The van der Waals surface area contributed by atoms with E-state index in [0.29, 0.717) is 32.7 Å². The Morgan fingerprint density at radius 1 is 0.963 bits per heavy atom. The third-order valence-corrected chi connectivity index (χ3v) is 4.96. The molecule has 3 rings (SSSR count). The Morgan fingerprint density at radius 3 is 2.15 bits per heavy atom. The van der Waals surface area contributed by atoms with Gasteiger partial charge in [0.2, 0.25) is 0 Å². The molecule has 27 heavy (non-hydrogen) atoms. The number of carbonyl (C=O) groups excluding carboxylic acids is 1. The van der Waals surface area contributed by atoms with Crippen molar-refractivity contribution in [1.29, 1.82) is 0 Å². The van der Waals surface area contributed by atoms with E-state index >= 15 is 0 Å². The maximum Gasteiger partial charge on any atom is 0.416 e. The molecule has 1 fully saturated rings. The predicted molar refractivity (Wildman–Crippen MR) is 98.5 cm³/mol. The molecule has 1 heterocycles. The van der Waals surface area contributed by atoms with Gasteiger partial charge in [0.15, 0.2) is 0 Å². The van der Waals surface area contributed by atoms with Crippen molar-refractivity contribution >= 4 is 5.91 Å². The van der Waals surface area contributed by atoms with Gasteiger partial charge < -0.3 is 4.90 Å². The van der Waals surface area contributed by atoms with Crippen LogP contribution in [0.15, 0.2) is 42.5 Å². The fourth-order valence-corrected chi connectivity index (χ4v) is 3.39. The molecule has 0 spiro atoms. The molecule has 1 aliphatic heterocycles. The van der Waals surface area contributed by atoms with Crippen LogP contribution in [0.4, 0.5) is 13.2 Å². The standard InChI is InChI=1S/C21H23F3N2O/c1-15-3-8-19(16(2)13-15)20(27)26-11-9-25(10-12-26)14-17-4-6-18(7-5-17)21(22,23)24/h3-8,13H,9-12,14H2,1-2H3. The average molecular weight is 376 g/mol. The quantitative estimate of drug-likeness (QED) is 0.798. The van der Waals surface area contributed by atoms with Crippen LogP contribution in [0.3, 0.4) is 0 Å². The van der Waals surface area contributed by atoms with Gasteiger partial charge in [-0.2, -0.15) is 13.2 Å². The van der Waals surface area contributed by atoms with Crippen LogP contribution in [-0.4, -0.2) is 41.9 Å². The second-order valence-electron chi connectivity index (χ2n) is 7.08. The molecule has 0 aromatic heterocycles. The molecule has 3 nitrogen and oxygen atoms in total. The SMILES string of the molecule is Cc1ccc(C(=O)N2CCN(Cc3ccc(C(F)(F)F)cc3)CC2)c(C)c1. The molecule has 0 saturated carbocycles. The predicted octanol–water partition coefficient (Wildman–Crippen LogP) is 4.28. The van der Waals surface area contributed by atoms with E-state index in [2.05, 4.69) is 4.90 Å². The molecule has 1 saturated heterocycles. The van der Waals surface area contributed by atoms with Gasteiger partial charge >= 0.3 is 6.18 Å². The van der Waals surface area contributed by atoms with E-state index in [0.717, 1.165) is 34.4 Å². The largest absolute Gasteiger partial charge is 0.416 e. The van der Waals surface area contributed by atoms with Gasteiger partial charge in [-0.05, 0) is 43.2 Å². The number of halogens is 3. The highest BCUT2D eigenvalue weighted by molar-refractivity contribution is 5.95. The van der Waals surface area contributed by atoms with E-state index in [-0.39, 0.29) is 5.91 Å². The number of hydrogen-bond acceptors (Lipinski definition) is 2. The van der Waals surface area contributed by atoms with Crippen molar-refractivity contribution in [2.24, 2.45) is 0 Å². The van der Waals surface area contributed by atoms with Crippen molar-refractivity contribution in [3.05, 3.63) is 70.3 Å². The van der Waals surface area contributed by atoms with Crippen LogP contribution in [0, 0.1) is 13.8 Å². The molecule has 144 valence electrons. The van der Waals surface area contributed by atoms with E-state index in [1.165, 1.54) is 12.1 Å². The second kappa shape index (κ2) is 7.72. The van der Waals surface area contributed by atoms with Crippen molar-refractivity contribution in [2.75, 3.05) is 26.2 Å². The summed E-state index contributed by atoms with van der Waals surface area (Å²) in [5.41, 5.74) is 3.06. The van der Waals surface area contributed by atoms with Crippen LogP contribution in [0.2, 0.25) is 0 Å². The van der Waals surface area contributed by atoms with Gasteiger partial charge in [0, 0.05) is 38.3 Å². The molecule has 0 aliphatic carbocycles. The molecule has 0 atom stereocenters. The van der Waals surface area contributed by atoms with E-state index in [1.807, 2.05) is 36.9 Å². The zero-order valence-corrected chi connectivity index (χ0v) is 15.5. The lowest BCUT2D eigenvalue weighted by molar-refractivity contribution is -0.137. The van der Waals surface area contributed by atoms with Crippen molar-refractivity contribution in [3.63, 3.8) is 0 Å². The molecule has 1 aliphatic rings. The molecule has 6 heteroatoms. The topological polar surface area (TPSA) is 23.6 Å². The Balaban J connectivity index is 1.56. The molecular formula is C21H23F3N2O.